The molecule has 17 heavy (non-hydrogen) atoms. The summed E-state index contributed by atoms with van der Waals surface area (Å²) in [5.74, 6) is -0.266. The van der Waals surface area contributed by atoms with E-state index in [1.807, 2.05) is 13.0 Å². The molecule has 2 rings (SSSR count). The molecule has 4 heteroatoms. The molecule has 1 aliphatic rings. The highest BCUT2D eigenvalue weighted by atomic mass is 35.5. The Morgan fingerprint density at radius 3 is 2.71 bits per heavy atom. The van der Waals surface area contributed by atoms with Crippen LogP contribution in [0.25, 0.3) is 0 Å². The summed E-state index contributed by atoms with van der Waals surface area (Å²) in [6, 6.07) is 3.68. The van der Waals surface area contributed by atoms with Crippen molar-refractivity contribution >= 4 is 11.6 Å². The van der Waals surface area contributed by atoms with Gasteiger partial charge in [-0.3, -0.25) is 4.90 Å². The first-order chi connectivity index (χ1) is 8.20. The van der Waals surface area contributed by atoms with E-state index in [2.05, 4.69) is 10.2 Å². The van der Waals surface area contributed by atoms with Crippen LogP contribution in [0.2, 0.25) is 5.02 Å². The van der Waals surface area contributed by atoms with Crippen LogP contribution in [-0.2, 0) is 13.0 Å². The smallest absolute Gasteiger partial charge is 0.144 e. The molecule has 0 aromatic heterocycles. The first-order valence-corrected chi connectivity index (χ1v) is 6.48. The molecule has 1 saturated heterocycles. The molecule has 0 bridgehead atoms. The van der Waals surface area contributed by atoms with Gasteiger partial charge in [-0.15, -0.1) is 0 Å². The summed E-state index contributed by atoms with van der Waals surface area (Å²) in [5, 5.41) is 3.56. The number of aryl methyl sites for hydroxylation is 1. The van der Waals surface area contributed by atoms with Crippen LogP contribution in [0.1, 0.15) is 18.1 Å². The van der Waals surface area contributed by atoms with Crippen molar-refractivity contribution in [3.05, 3.63) is 34.1 Å². The Labute approximate surface area is 107 Å². The Bertz CT molecular complexity index is 389. The second kappa shape index (κ2) is 5.80. The maximum absolute atomic E-state index is 13.6. The third-order valence-corrected chi connectivity index (χ3v) is 3.44. The number of hydrogen-bond acceptors (Lipinski definition) is 2. The van der Waals surface area contributed by atoms with E-state index in [4.69, 9.17) is 11.6 Å². The van der Waals surface area contributed by atoms with Crippen LogP contribution >= 0.6 is 11.6 Å². The van der Waals surface area contributed by atoms with Gasteiger partial charge < -0.3 is 5.32 Å². The molecule has 1 fully saturated rings. The Kier molecular flexibility index (Phi) is 4.37. The lowest BCUT2D eigenvalue weighted by atomic mass is 10.1. The highest BCUT2D eigenvalue weighted by Crippen LogP contribution is 2.22. The number of nitrogens with one attached hydrogen (secondary N) is 1. The van der Waals surface area contributed by atoms with Crippen LogP contribution in [-0.4, -0.2) is 31.1 Å². The fourth-order valence-corrected chi connectivity index (χ4v) is 2.45. The summed E-state index contributed by atoms with van der Waals surface area (Å²) >= 11 is 5.91. The average molecular weight is 257 g/mol. The van der Waals surface area contributed by atoms with Gasteiger partial charge in [-0.2, -0.15) is 0 Å². The van der Waals surface area contributed by atoms with Gasteiger partial charge in [0.1, 0.15) is 5.82 Å². The molecule has 1 aromatic carbocycles. The summed E-state index contributed by atoms with van der Waals surface area (Å²) in [5.41, 5.74) is 1.82. The van der Waals surface area contributed by atoms with Crippen molar-refractivity contribution in [1.29, 1.82) is 0 Å². The van der Waals surface area contributed by atoms with E-state index in [0.717, 1.165) is 38.3 Å². The predicted molar refractivity (Wildman–Crippen MR) is 68.9 cm³/mol. The monoisotopic (exact) mass is 256 g/mol. The second-order valence-corrected chi connectivity index (χ2v) is 4.84. The number of nitrogens with zero attached hydrogens (tertiary/aromatic N) is 1. The second-order valence-electron chi connectivity index (χ2n) is 4.43. The molecular weight excluding hydrogens is 239 g/mol. The van der Waals surface area contributed by atoms with Crippen molar-refractivity contribution in [1.82, 2.24) is 10.2 Å². The Morgan fingerprint density at radius 1 is 1.35 bits per heavy atom. The third-order valence-electron chi connectivity index (χ3n) is 3.16. The molecular formula is C13H18ClFN2. The van der Waals surface area contributed by atoms with Gasteiger partial charge in [0, 0.05) is 32.7 Å². The van der Waals surface area contributed by atoms with Crippen LogP contribution in [0.15, 0.2) is 12.1 Å². The lowest BCUT2D eigenvalue weighted by molar-refractivity contribution is 0.233. The maximum atomic E-state index is 13.6. The van der Waals surface area contributed by atoms with Crippen molar-refractivity contribution in [2.24, 2.45) is 0 Å². The number of rotatable bonds is 3. The molecule has 0 unspecified atom stereocenters. The fourth-order valence-electron chi connectivity index (χ4n) is 2.18. The minimum Gasteiger partial charge on any atom is -0.314 e. The summed E-state index contributed by atoms with van der Waals surface area (Å²) in [7, 11) is 0. The van der Waals surface area contributed by atoms with Crippen molar-refractivity contribution < 1.29 is 4.39 Å². The zero-order valence-corrected chi connectivity index (χ0v) is 10.9. The fraction of sp³-hybridized carbons (Fsp3) is 0.538. The molecule has 0 spiro atoms. The van der Waals surface area contributed by atoms with Crippen LogP contribution in [0.3, 0.4) is 0 Å². The quantitative estimate of drug-likeness (QED) is 0.894. The molecule has 1 aliphatic heterocycles. The van der Waals surface area contributed by atoms with E-state index in [-0.39, 0.29) is 10.8 Å². The van der Waals surface area contributed by atoms with Gasteiger partial charge in [0.2, 0.25) is 0 Å². The minimum atomic E-state index is -0.266. The predicted octanol–water partition coefficient (Wildman–Crippen LogP) is 2.45. The van der Waals surface area contributed by atoms with Gasteiger partial charge in [0.15, 0.2) is 0 Å². The van der Waals surface area contributed by atoms with Crippen LogP contribution < -0.4 is 5.32 Å². The van der Waals surface area contributed by atoms with E-state index >= 15 is 0 Å². The summed E-state index contributed by atoms with van der Waals surface area (Å²) in [6.07, 6.45) is 0.681. The molecule has 1 aromatic rings. The van der Waals surface area contributed by atoms with Crippen LogP contribution in [0.5, 0.6) is 0 Å². The normalized spacial score (nSPS) is 17.4. The SMILES string of the molecule is CCc1cc(CN2CCNCC2)cc(Cl)c1F. The first-order valence-electron chi connectivity index (χ1n) is 6.10. The Morgan fingerprint density at radius 2 is 2.06 bits per heavy atom. The highest BCUT2D eigenvalue weighted by Gasteiger charge is 2.13. The molecule has 2 nitrogen and oxygen atoms in total. The minimum absolute atomic E-state index is 0.245. The maximum Gasteiger partial charge on any atom is 0.144 e. The molecule has 1 heterocycles. The van der Waals surface area contributed by atoms with Gasteiger partial charge in [0.25, 0.3) is 0 Å². The van der Waals surface area contributed by atoms with Gasteiger partial charge in [-0.05, 0) is 23.6 Å². The highest BCUT2D eigenvalue weighted by molar-refractivity contribution is 6.30. The van der Waals surface area contributed by atoms with Gasteiger partial charge in [0.05, 0.1) is 5.02 Å². The van der Waals surface area contributed by atoms with E-state index in [1.165, 1.54) is 0 Å². The molecule has 94 valence electrons. The van der Waals surface area contributed by atoms with E-state index < -0.39 is 0 Å². The lowest BCUT2D eigenvalue weighted by Crippen LogP contribution is -2.42. The van der Waals surface area contributed by atoms with Crippen molar-refractivity contribution in [2.45, 2.75) is 19.9 Å². The van der Waals surface area contributed by atoms with Crippen molar-refractivity contribution in [3.63, 3.8) is 0 Å². The number of hydrogen-bond donors (Lipinski definition) is 1. The first kappa shape index (κ1) is 12.8. The van der Waals surface area contributed by atoms with E-state index in [1.54, 1.807) is 6.07 Å². The van der Waals surface area contributed by atoms with Gasteiger partial charge >= 0.3 is 0 Å². The largest absolute Gasteiger partial charge is 0.314 e. The van der Waals surface area contributed by atoms with Crippen molar-refractivity contribution in [2.75, 3.05) is 26.2 Å². The number of benzene rings is 1. The zero-order valence-electron chi connectivity index (χ0n) is 10.1. The number of piperazine rings is 1. The average Bonchev–Trinajstić information content (AvgIpc) is 2.35. The molecule has 0 amide bonds. The van der Waals surface area contributed by atoms with Crippen molar-refractivity contribution in [3.8, 4) is 0 Å². The lowest BCUT2D eigenvalue weighted by Gasteiger charge is -2.27. The third kappa shape index (κ3) is 3.18. The molecule has 0 atom stereocenters. The van der Waals surface area contributed by atoms with Crippen LogP contribution in [0, 0.1) is 5.82 Å². The van der Waals surface area contributed by atoms with E-state index in [0.29, 0.717) is 12.0 Å². The molecule has 1 N–H and O–H groups in total. The Balaban J connectivity index is 2.12. The Hall–Kier alpha value is -0.640. The molecule has 0 aliphatic carbocycles. The van der Waals surface area contributed by atoms with Crippen LogP contribution in [0.4, 0.5) is 4.39 Å². The van der Waals surface area contributed by atoms with Gasteiger partial charge in [-0.1, -0.05) is 24.6 Å². The summed E-state index contributed by atoms with van der Waals surface area (Å²) in [6.45, 7) is 6.93. The zero-order chi connectivity index (χ0) is 12.3. The van der Waals surface area contributed by atoms with Gasteiger partial charge in [-0.25, -0.2) is 4.39 Å². The molecule has 0 saturated carbocycles. The topological polar surface area (TPSA) is 15.3 Å². The molecule has 0 radical (unpaired) electrons. The standard InChI is InChI=1S/C13H18ClFN2/c1-2-11-7-10(8-12(14)13(11)15)9-17-5-3-16-4-6-17/h7-8,16H,2-6,9H2,1H3. The summed E-state index contributed by atoms with van der Waals surface area (Å²) < 4.78 is 13.6. The number of halogens is 2. The summed E-state index contributed by atoms with van der Waals surface area (Å²) in [4.78, 5) is 2.36. The van der Waals surface area contributed by atoms with E-state index in [9.17, 15) is 4.39 Å².